The van der Waals surface area contributed by atoms with Gasteiger partial charge in [-0.2, -0.15) is 0 Å². The predicted octanol–water partition coefficient (Wildman–Crippen LogP) is 2.57. The molecule has 2 N–H and O–H groups in total. The van der Waals surface area contributed by atoms with Crippen molar-refractivity contribution in [3.63, 3.8) is 0 Å². The minimum Gasteiger partial charge on any atom is -0.468 e. The van der Waals surface area contributed by atoms with Gasteiger partial charge in [0, 0.05) is 5.54 Å². The van der Waals surface area contributed by atoms with Crippen molar-refractivity contribution in [2.24, 2.45) is 5.73 Å². The second-order valence-corrected chi connectivity index (χ2v) is 5.49. The highest BCUT2D eigenvalue weighted by Gasteiger charge is 2.32. The summed E-state index contributed by atoms with van der Waals surface area (Å²) in [6.45, 7) is 11.2. The van der Waals surface area contributed by atoms with Crippen LogP contribution in [-0.2, 0) is 6.54 Å². The van der Waals surface area contributed by atoms with Crippen LogP contribution < -0.4 is 5.73 Å². The second-order valence-electron chi connectivity index (χ2n) is 5.49. The molecule has 0 atom stereocenters. The van der Waals surface area contributed by atoms with Gasteiger partial charge < -0.3 is 10.2 Å². The predicted molar refractivity (Wildman–Crippen MR) is 62.3 cm³/mol. The standard InChI is InChI=1S/C12H22N2O/c1-11(2,3)14(12(4,5)13)9-10-7-6-8-15-10/h6-8H,9,13H2,1-5H3. The van der Waals surface area contributed by atoms with E-state index in [0.29, 0.717) is 0 Å². The zero-order valence-electron chi connectivity index (χ0n) is 10.4. The first-order valence-electron chi connectivity index (χ1n) is 5.30. The second kappa shape index (κ2) is 3.99. The molecule has 0 unspecified atom stereocenters. The van der Waals surface area contributed by atoms with Crippen LogP contribution in [0.1, 0.15) is 40.4 Å². The van der Waals surface area contributed by atoms with Crippen molar-refractivity contribution in [2.45, 2.75) is 52.4 Å². The number of hydrogen-bond acceptors (Lipinski definition) is 3. The van der Waals surface area contributed by atoms with E-state index in [9.17, 15) is 0 Å². The van der Waals surface area contributed by atoms with Crippen LogP contribution in [0.25, 0.3) is 0 Å². The Bertz CT molecular complexity index is 276. The molecule has 0 fully saturated rings. The summed E-state index contributed by atoms with van der Waals surface area (Å²) in [6, 6.07) is 3.88. The summed E-state index contributed by atoms with van der Waals surface area (Å²) in [5.74, 6) is 0.948. The van der Waals surface area contributed by atoms with Crippen LogP contribution in [0, 0.1) is 0 Å². The minimum atomic E-state index is -0.356. The molecule has 0 aliphatic rings. The first-order valence-corrected chi connectivity index (χ1v) is 5.30. The Morgan fingerprint density at radius 2 is 1.87 bits per heavy atom. The van der Waals surface area contributed by atoms with Crippen LogP contribution in [0.2, 0.25) is 0 Å². The smallest absolute Gasteiger partial charge is 0.117 e. The third-order valence-electron chi connectivity index (χ3n) is 2.40. The summed E-state index contributed by atoms with van der Waals surface area (Å²) < 4.78 is 5.36. The fourth-order valence-electron chi connectivity index (χ4n) is 1.86. The largest absolute Gasteiger partial charge is 0.468 e. The summed E-state index contributed by atoms with van der Waals surface area (Å²) in [5.41, 5.74) is 5.83. The molecule has 1 aromatic heterocycles. The molecular formula is C12H22N2O. The molecule has 0 saturated heterocycles. The molecule has 3 heteroatoms. The first kappa shape index (κ1) is 12.3. The van der Waals surface area contributed by atoms with Gasteiger partial charge in [0.15, 0.2) is 0 Å². The van der Waals surface area contributed by atoms with Crippen LogP contribution in [0.4, 0.5) is 0 Å². The fourth-order valence-corrected chi connectivity index (χ4v) is 1.86. The molecule has 0 aliphatic carbocycles. The van der Waals surface area contributed by atoms with Crippen molar-refractivity contribution in [1.82, 2.24) is 4.90 Å². The van der Waals surface area contributed by atoms with E-state index in [1.807, 2.05) is 26.0 Å². The van der Waals surface area contributed by atoms with E-state index in [4.69, 9.17) is 10.2 Å². The van der Waals surface area contributed by atoms with E-state index in [-0.39, 0.29) is 11.2 Å². The molecule has 0 aliphatic heterocycles. The SMILES string of the molecule is CC(C)(C)N(Cc1ccco1)C(C)(C)N. The summed E-state index contributed by atoms with van der Waals surface area (Å²) in [4.78, 5) is 2.22. The minimum absolute atomic E-state index is 0.0189. The Morgan fingerprint density at radius 3 is 2.20 bits per heavy atom. The number of hydrogen-bond donors (Lipinski definition) is 1. The maximum atomic E-state index is 6.17. The number of furan rings is 1. The lowest BCUT2D eigenvalue weighted by molar-refractivity contribution is 0.0161. The van der Waals surface area contributed by atoms with Gasteiger partial charge in [0.05, 0.1) is 18.5 Å². The molecular weight excluding hydrogens is 188 g/mol. The summed E-state index contributed by atoms with van der Waals surface area (Å²) in [7, 11) is 0. The lowest BCUT2D eigenvalue weighted by Crippen LogP contribution is -2.58. The topological polar surface area (TPSA) is 42.4 Å². The third-order valence-corrected chi connectivity index (χ3v) is 2.40. The van der Waals surface area contributed by atoms with Gasteiger partial charge >= 0.3 is 0 Å². The van der Waals surface area contributed by atoms with Gasteiger partial charge in [0.25, 0.3) is 0 Å². The Kier molecular flexibility index (Phi) is 3.26. The van der Waals surface area contributed by atoms with Gasteiger partial charge in [-0.1, -0.05) is 0 Å². The van der Waals surface area contributed by atoms with Crippen LogP contribution in [0.15, 0.2) is 22.8 Å². The summed E-state index contributed by atoms with van der Waals surface area (Å²) in [6.07, 6.45) is 1.69. The van der Waals surface area contributed by atoms with Crippen molar-refractivity contribution in [3.05, 3.63) is 24.2 Å². The maximum Gasteiger partial charge on any atom is 0.117 e. The lowest BCUT2D eigenvalue weighted by atomic mass is 10.0. The van der Waals surface area contributed by atoms with Gasteiger partial charge in [-0.05, 0) is 46.8 Å². The molecule has 15 heavy (non-hydrogen) atoms. The van der Waals surface area contributed by atoms with Crippen LogP contribution in [0.5, 0.6) is 0 Å². The molecule has 0 saturated carbocycles. The Balaban J connectivity index is 2.84. The quantitative estimate of drug-likeness (QED) is 0.780. The number of nitrogens with zero attached hydrogens (tertiary/aromatic N) is 1. The zero-order chi connectivity index (χ0) is 11.7. The fraction of sp³-hybridized carbons (Fsp3) is 0.667. The zero-order valence-corrected chi connectivity index (χ0v) is 10.4. The molecule has 0 aromatic carbocycles. The van der Waals surface area contributed by atoms with Gasteiger partial charge in [-0.25, -0.2) is 0 Å². The van der Waals surface area contributed by atoms with Crippen molar-refractivity contribution in [3.8, 4) is 0 Å². The highest BCUT2D eigenvalue weighted by atomic mass is 16.3. The molecule has 0 bridgehead atoms. The molecule has 1 aromatic rings. The highest BCUT2D eigenvalue weighted by molar-refractivity contribution is 5.00. The molecule has 0 radical (unpaired) electrons. The van der Waals surface area contributed by atoms with E-state index in [0.717, 1.165) is 12.3 Å². The average Bonchev–Trinajstić information content (AvgIpc) is 2.46. The Hall–Kier alpha value is -0.800. The average molecular weight is 210 g/mol. The number of rotatable bonds is 3. The first-order chi connectivity index (χ1) is 6.71. The van der Waals surface area contributed by atoms with Crippen molar-refractivity contribution in [2.75, 3.05) is 0 Å². The van der Waals surface area contributed by atoms with Gasteiger partial charge in [-0.3, -0.25) is 4.90 Å². The molecule has 1 rings (SSSR count). The van der Waals surface area contributed by atoms with E-state index in [1.54, 1.807) is 6.26 Å². The molecule has 0 amide bonds. The van der Waals surface area contributed by atoms with Crippen LogP contribution in [0.3, 0.4) is 0 Å². The normalized spacial score (nSPS) is 13.5. The van der Waals surface area contributed by atoms with E-state index < -0.39 is 0 Å². The third kappa shape index (κ3) is 3.36. The van der Waals surface area contributed by atoms with E-state index in [2.05, 4.69) is 25.7 Å². The summed E-state index contributed by atoms with van der Waals surface area (Å²) >= 11 is 0. The molecule has 86 valence electrons. The Morgan fingerprint density at radius 1 is 1.27 bits per heavy atom. The molecule has 0 spiro atoms. The molecule has 1 heterocycles. The summed E-state index contributed by atoms with van der Waals surface area (Å²) in [5, 5.41) is 0. The lowest BCUT2D eigenvalue weighted by Gasteiger charge is -2.44. The molecule has 3 nitrogen and oxygen atoms in total. The monoisotopic (exact) mass is 210 g/mol. The highest BCUT2D eigenvalue weighted by Crippen LogP contribution is 2.24. The number of nitrogens with two attached hydrogens (primary N) is 1. The van der Waals surface area contributed by atoms with E-state index >= 15 is 0 Å². The van der Waals surface area contributed by atoms with Crippen molar-refractivity contribution >= 4 is 0 Å². The van der Waals surface area contributed by atoms with Gasteiger partial charge in [0.2, 0.25) is 0 Å². The maximum absolute atomic E-state index is 6.17. The van der Waals surface area contributed by atoms with Crippen LogP contribution >= 0.6 is 0 Å². The van der Waals surface area contributed by atoms with Crippen LogP contribution in [-0.4, -0.2) is 16.1 Å². The Labute approximate surface area is 92.2 Å². The van der Waals surface area contributed by atoms with E-state index in [1.165, 1.54) is 0 Å². The van der Waals surface area contributed by atoms with Crippen molar-refractivity contribution < 1.29 is 4.42 Å². The van der Waals surface area contributed by atoms with Gasteiger partial charge in [-0.15, -0.1) is 0 Å². The van der Waals surface area contributed by atoms with Gasteiger partial charge in [0.1, 0.15) is 5.76 Å². The van der Waals surface area contributed by atoms with Crippen molar-refractivity contribution in [1.29, 1.82) is 0 Å².